The smallest absolute Gasteiger partial charge is 0.347 e. The SMILES string of the molecule is CC[C@]1(O)C[C@H]2CN(CCc3c([nH]c4ccc(SSC(C)C)cc34)[C@@](C(=O)OC)(C3C=C4C(=CC3OC)N(C)[C@@]35O[C@]3(C(=O)OC)[C@H](OC(C)=O)[C@]3(CC)C=CCN6CC[C@]45[C@@H]63)C2)C1. The summed E-state index contributed by atoms with van der Waals surface area (Å²) in [5.41, 5.74) is -2.02. The van der Waals surface area contributed by atoms with Gasteiger partial charge < -0.3 is 38.7 Å². The first-order valence-electron chi connectivity index (χ1n) is 23.2. The van der Waals surface area contributed by atoms with E-state index in [4.69, 9.17) is 23.7 Å². The van der Waals surface area contributed by atoms with Gasteiger partial charge in [0.25, 0.3) is 5.60 Å². The molecule has 64 heavy (non-hydrogen) atoms. The zero-order chi connectivity index (χ0) is 45.4. The number of aliphatic hydroxyl groups is 1. The summed E-state index contributed by atoms with van der Waals surface area (Å²) in [4.78, 5) is 55.4. The summed E-state index contributed by atoms with van der Waals surface area (Å²) in [7, 11) is 10.1. The van der Waals surface area contributed by atoms with E-state index in [1.807, 2.05) is 17.8 Å². The minimum atomic E-state index is -1.65. The second-order valence-corrected chi connectivity index (χ2v) is 22.9. The number of likely N-dealkylation sites (N-methyl/N-ethyl adjacent to an activating group) is 1. The molecule has 4 saturated heterocycles. The first-order valence-corrected chi connectivity index (χ1v) is 25.4. The van der Waals surface area contributed by atoms with Crippen LogP contribution in [0.15, 0.2) is 58.7 Å². The lowest BCUT2D eigenvalue weighted by Gasteiger charge is -2.58. The molecule has 15 heteroatoms. The molecule has 2 bridgehead atoms. The maximum Gasteiger partial charge on any atom is 0.347 e. The van der Waals surface area contributed by atoms with Crippen molar-refractivity contribution >= 4 is 50.4 Å². The summed E-state index contributed by atoms with van der Waals surface area (Å²) < 4.78 is 31.9. The van der Waals surface area contributed by atoms with Gasteiger partial charge in [0.1, 0.15) is 5.41 Å². The first kappa shape index (κ1) is 44.5. The number of carbonyl (C=O) groups excluding carboxylic acids is 3. The van der Waals surface area contributed by atoms with Gasteiger partial charge in [0, 0.05) is 97.1 Å². The molecule has 1 aromatic carbocycles. The van der Waals surface area contributed by atoms with Gasteiger partial charge in [-0.05, 0) is 86.4 Å². The quantitative estimate of drug-likeness (QED) is 0.0925. The van der Waals surface area contributed by atoms with Gasteiger partial charge in [-0.2, -0.15) is 0 Å². The molecule has 2 N–H and O–H groups in total. The minimum absolute atomic E-state index is 0.0585. The molecule has 5 fully saturated rings. The number of methoxy groups -OCH3 is 3. The standard InChI is InChI=1S/C49H64N4O9S2/c1-10-44(57)24-30-25-46(42(55)59-8,39-32(15-19-52(26-30)27-44)33-21-31(64-63-28(3)4)13-14-36(33)50-39)35-22-34-37(23-38(35)58-7)51(6)49-47(34)17-20-53-18-12-16-45(11-2,40(47)53)41(61-29(5)54)48(49,62-49)43(56)60-9/h12-14,16,21-23,28,30,35,38,40-41,50,57H,10-11,15,17-20,24-27H2,1-9H3/t30-,35?,38?,40+,41-,44+,45-,46+,47-,48+,49+/m1/s1. The van der Waals surface area contributed by atoms with Gasteiger partial charge in [0.2, 0.25) is 0 Å². The van der Waals surface area contributed by atoms with Gasteiger partial charge in [-0.1, -0.05) is 67.5 Å². The fraction of sp³-hybridized carbons (Fsp3) is 0.653. The molecular formula is C49H64N4O9S2. The predicted octanol–water partition coefficient (Wildman–Crippen LogP) is 6.15. The van der Waals surface area contributed by atoms with E-state index in [9.17, 15) is 14.7 Å². The first-order chi connectivity index (χ1) is 30.6. The van der Waals surface area contributed by atoms with E-state index in [2.05, 4.69) is 89.9 Å². The Morgan fingerprint density at radius 1 is 1.05 bits per heavy atom. The highest BCUT2D eigenvalue weighted by atomic mass is 33.1. The molecule has 13 nitrogen and oxygen atoms in total. The van der Waals surface area contributed by atoms with Crippen LogP contribution in [0.2, 0.25) is 0 Å². The normalized spacial score (nSPS) is 40.5. The molecule has 346 valence electrons. The van der Waals surface area contributed by atoms with Crippen molar-refractivity contribution in [3.63, 3.8) is 0 Å². The van der Waals surface area contributed by atoms with E-state index >= 15 is 4.79 Å². The van der Waals surface area contributed by atoms with Crippen molar-refractivity contribution in [1.29, 1.82) is 0 Å². The molecule has 2 aliphatic carbocycles. The van der Waals surface area contributed by atoms with E-state index in [1.165, 1.54) is 21.1 Å². The number of aromatic nitrogens is 1. The van der Waals surface area contributed by atoms with Crippen LogP contribution in [0.1, 0.15) is 78.0 Å². The summed E-state index contributed by atoms with van der Waals surface area (Å²) in [5, 5.41) is 13.7. The number of likely N-dealkylation sites (tertiary alicyclic amines) is 1. The van der Waals surface area contributed by atoms with Gasteiger partial charge in [0.15, 0.2) is 11.8 Å². The number of piperidine rings is 1. The Morgan fingerprint density at radius 2 is 1.83 bits per heavy atom. The fourth-order valence-electron chi connectivity index (χ4n) is 14.6. The number of epoxide rings is 1. The number of benzene rings is 1. The Bertz CT molecular complexity index is 2380. The molecule has 12 atom stereocenters. The monoisotopic (exact) mass is 916 g/mol. The zero-order valence-electron chi connectivity index (χ0n) is 38.7. The maximum absolute atomic E-state index is 15.6. The number of carbonyl (C=O) groups is 3. The molecule has 6 aliphatic heterocycles. The minimum Gasteiger partial charge on any atom is -0.468 e. The molecule has 1 aromatic heterocycles. The van der Waals surface area contributed by atoms with Crippen molar-refractivity contribution in [2.75, 3.05) is 61.1 Å². The van der Waals surface area contributed by atoms with Crippen molar-refractivity contribution in [2.24, 2.45) is 22.7 Å². The number of nitrogens with one attached hydrogen (secondary N) is 1. The number of fused-ring (bicyclic) bond motifs is 6. The fourth-order valence-corrected chi connectivity index (χ4v) is 16.4. The van der Waals surface area contributed by atoms with E-state index in [1.54, 1.807) is 17.9 Å². The highest BCUT2D eigenvalue weighted by Gasteiger charge is 2.99. The predicted molar refractivity (Wildman–Crippen MR) is 245 cm³/mol. The van der Waals surface area contributed by atoms with Crippen molar-refractivity contribution in [2.45, 2.75) is 124 Å². The van der Waals surface area contributed by atoms with E-state index in [-0.39, 0.29) is 17.9 Å². The van der Waals surface area contributed by atoms with Crippen LogP contribution in [0.5, 0.6) is 0 Å². The average Bonchev–Trinajstić information content (AvgIpc) is 3.53. The molecule has 0 radical (unpaired) electrons. The molecule has 10 rings (SSSR count). The number of rotatable bonds is 10. The second kappa shape index (κ2) is 15.4. The highest BCUT2D eigenvalue weighted by molar-refractivity contribution is 8.76. The maximum atomic E-state index is 15.6. The summed E-state index contributed by atoms with van der Waals surface area (Å²) in [6.45, 7) is 13.4. The van der Waals surface area contributed by atoms with Crippen molar-refractivity contribution in [3.8, 4) is 0 Å². The average molecular weight is 917 g/mol. The number of allylic oxidation sites excluding steroid dienone is 1. The third-order valence-corrected chi connectivity index (χ3v) is 19.8. The lowest BCUT2D eigenvalue weighted by atomic mass is 9.48. The van der Waals surface area contributed by atoms with Crippen LogP contribution in [0.25, 0.3) is 10.9 Å². The molecule has 2 spiro atoms. The summed E-state index contributed by atoms with van der Waals surface area (Å²) in [5.74, 6) is -2.08. The summed E-state index contributed by atoms with van der Waals surface area (Å²) in [6, 6.07) is 6.33. The number of hydrogen-bond donors (Lipinski definition) is 2. The topological polar surface area (TPSA) is 146 Å². The Morgan fingerprint density at radius 3 is 2.52 bits per heavy atom. The molecule has 2 aromatic rings. The lowest BCUT2D eigenvalue weighted by Crippen LogP contribution is -2.73. The van der Waals surface area contributed by atoms with E-state index < -0.39 is 63.2 Å². The van der Waals surface area contributed by atoms with Crippen LogP contribution < -0.4 is 0 Å². The molecule has 3 unspecified atom stereocenters. The van der Waals surface area contributed by atoms with Crippen LogP contribution in [0, 0.1) is 22.7 Å². The zero-order valence-corrected chi connectivity index (χ0v) is 40.3. The van der Waals surface area contributed by atoms with Gasteiger partial charge in [-0.25, -0.2) is 4.79 Å². The third kappa shape index (κ3) is 5.66. The summed E-state index contributed by atoms with van der Waals surface area (Å²) >= 11 is 0. The third-order valence-electron chi connectivity index (χ3n) is 16.8. The largest absolute Gasteiger partial charge is 0.468 e. The van der Waals surface area contributed by atoms with Crippen LogP contribution in [-0.2, 0) is 49.9 Å². The molecule has 1 saturated carbocycles. The Kier molecular flexibility index (Phi) is 10.7. The van der Waals surface area contributed by atoms with Crippen molar-refractivity contribution in [3.05, 3.63) is 65.0 Å². The molecule has 7 heterocycles. The van der Waals surface area contributed by atoms with Gasteiger partial charge in [0.05, 0.1) is 31.3 Å². The van der Waals surface area contributed by atoms with Crippen LogP contribution in [0.3, 0.4) is 0 Å². The number of nitrogens with zero attached hydrogens (tertiary/aromatic N) is 3. The Balaban J connectivity index is 1.24. The number of aromatic amines is 1. The number of esters is 3. The lowest BCUT2D eigenvalue weighted by molar-refractivity contribution is -0.182. The number of ether oxygens (including phenoxy) is 5. The Hall–Kier alpha value is -3.31. The van der Waals surface area contributed by atoms with Gasteiger partial charge >= 0.3 is 17.9 Å². The van der Waals surface area contributed by atoms with Crippen LogP contribution in [-0.4, -0.2) is 144 Å². The van der Waals surface area contributed by atoms with Crippen molar-refractivity contribution < 1.29 is 43.2 Å². The van der Waals surface area contributed by atoms with Crippen LogP contribution >= 0.6 is 21.6 Å². The van der Waals surface area contributed by atoms with E-state index in [0.717, 1.165) is 58.0 Å². The summed E-state index contributed by atoms with van der Waals surface area (Å²) in [6.07, 6.45) is 10.6. The second-order valence-electron chi connectivity index (χ2n) is 20.1. The molecular weight excluding hydrogens is 853 g/mol. The van der Waals surface area contributed by atoms with Gasteiger partial charge in [-0.3, -0.25) is 19.4 Å². The number of hydrogen-bond acceptors (Lipinski definition) is 14. The van der Waals surface area contributed by atoms with E-state index in [0.29, 0.717) is 56.9 Å². The van der Waals surface area contributed by atoms with Crippen molar-refractivity contribution in [1.82, 2.24) is 19.7 Å². The van der Waals surface area contributed by atoms with Gasteiger partial charge in [-0.15, -0.1) is 0 Å². The Labute approximate surface area is 384 Å². The molecule has 0 amide bonds. The number of H-pyrrole nitrogens is 1. The highest BCUT2D eigenvalue weighted by Crippen LogP contribution is 2.82. The molecule has 8 aliphatic rings. The van der Waals surface area contributed by atoms with Crippen LogP contribution in [0.4, 0.5) is 0 Å².